The number of rotatable bonds is 2. The van der Waals surface area contributed by atoms with Gasteiger partial charge in [-0.05, 0) is 22.3 Å². The molecule has 25 heavy (non-hydrogen) atoms. The highest BCUT2D eigenvalue weighted by Crippen LogP contribution is 2.63. The maximum atomic E-state index is 13.1. The van der Waals surface area contributed by atoms with E-state index in [4.69, 9.17) is 0 Å². The smallest absolute Gasteiger partial charge is 0.234 e. The SMILES string of the molecule is CC12c3ccccc3C(c3ccccc31)[C@@H]1C(=O)N(CCO)C(=O)[C@@H]12. The predicted molar refractivity (Wildman–Crippen MR) is 92.0 cm³/mol. The monoisotopic (exact) mass is 333 g/mol. The number of aliphatic hydroxyl groups excluding tert-OH is 1. The summed E-state index contributed by atoms with van der Waals surface area (Å²) in [4.78, 5) is 27.5. The lowest BCUT2D eigenvalue weighted by molar-refractivity contribution is -0.140. The van der Waals surface area contributed by atoms with E-state index in [9.17, 15) is 14.7 Å². The number of benzene rings is 2. The molecule has 0 unspecified atom stereocenters. The highest BCUT2D eigenvalue weighted by Gasteiger charge is 2.66. The first-order valence-electron chi connectivity index (χ1n) is 8.75. The van der Waals surface area contributed by atoms with Crippen LogP contribution in [-0.2, 0) is 15.0 Å². The first kappa shape index (κ1) is 14.8. The van der Waals surface area contributed by atoms with Crippen LogP contribution in [0.2, 0.25) is 0 Å². The van der Waals surface area contributed by atoms with E-state index < -0.39 is 5.41 Å². The van der Waals surface area contributed by atoms with Crippen LogP contribution in [-0.4, -0.2) is 35.0 Å². The van der Waals surface area contributed by atoms with Crippen LogP contribution in [0, 0.1) is 11.8 Å². The third kappa shape index (κ3) is 1.56. The molecule has 2 bridgehead atoms. The van der Waals surface area contributed by atoms with E-state index in [2.05, 4.69) is 31.2 Å². The first-order chi connectivity index (χ1) is 12.1. The Labute approximate surface area is 146 Å². The molecule has 1 N–H and O–H groups in total. The van der Waals surface area contributed by atoms with Gasteiger partial charge in [0.2, 0.25) is 11.8 Å². The Hall–Kier alpha value is -2.46. The van der Waals surface area contributed by atoms with Crippen molar-refractivity contribution in [3.8, 4) is 0 Å². The minimum atomic E-state index is -0.510. The van der Waals surface area contributed by atoms with Crippen molar-refractivity contribution in [3.05, 3.63) is 70.8 Å². The van der Waals surface area contributed by atoms with E-state index in [0.29, 0.717) is 0 Å². The molecule has 2 aromatic rings. The normalized spacial score (nSPS) is 31.8. The van der Waals surface area contributed by atoms with Crippen molar-refractivity contribution in [3.63, 3.8) is 0 Å². The van der Waals surface area contributed by atoms with E-state index in [1.165, 1.54) is 4.90 Å². The number of amides is 2. The fraction of sp³-hybridized carbons (Fsp3) is 0.333. The zero-order chi connectivity index (χ0) is 17.3. The third-order valence-electron chi connectivity index (χ3n) is 6.46. The van der Waals surface area contributed by atoms with E-state index in [0.717, 1.165) is 22.3 Å². The molecule has 4 nitrogen and oxygen atoms in total. The molecule has 0 spiro atoms. The number of hydrogen-bond donors (Lipinski definition) is 1. The van der Waals surface area contributed by atoms with Crippen molar-refractivity contribution >= 4 is 11.8 Å². The van der Waals surface area contributed by atoms with Crippen molar-refractivity contribution in [2.24, 2.45) is 11.8 Å². The number of carbonyl (C=O) groups is 2. The van der Waals surface area contributed by atoms with Gasteiger partial charge in [0.05, 0.1) is 25.0 Å². The average Bonchev–Trinajstić information content (AvgIpc) is 2.89. The van der Waals surface area contributed by atoms with Crippen LogP contribution >= 0.6 is 0 Å². The fourth-order valence-corrected chi connectivity index (χ4v) is 5.53. The minimum Gasteiger partial charge on any atom is -0.395 e. The highest BCUT2D eigenvalue weighted by atomic mass is 16.3. The van der Waals surface area contributed by atoms with Crippen molar-refractivity contribution in [1.29, 1.82) is 0 Å². The second-order valence-electron chi connectivity index (χ2n) is 7.41. The largest absolute Gasteiger partial charge is 0.395 e. The molecule has 2 aromatic carbocycles. The van der Waals surface area contributed by atoms with Gasteiger partial charge >= 0.3 is 0 Å². The second kappa shape index (κ2) is 4.79. The number of carbonyl (C=O) groups excluding carboxylic acids is 2. The van der Waals surface area contributed by atoms with Crippen LogP contribution in [0.15, 0.2) is 48.5 Å². The minimum absolute atomic E-state index is 0.0835. The van der Waals surface area contributed by atoms with E-state index in [1.54, 1.807) is 0 Å². The number of aliphatic hydroxyl groups is 1. The Morgan fingerprint density at radius 2 is 1.52 bits per heavy atom. The molecule has 2 amide bonds. The topological polar surface area (TPSA) is 57.6 Å². The lowest BCUT2D eigenvalue weighted by Gasteiger charge is -2.52. The molecule has 1 saturated heterocycles. The molecule has 1 aliphatic heterocycles. The second-order valence-corrected chi connectivity index (χ2v) is 7.41. The number of nitrogens with zero attached hydrogens (tertiary/aromatic N) is 1. The summed E-state index contributed by atoms with van der Waals surface area (Å²) in [5, 5.41) is 9.31. The van der Waals surface area contributed by atoms with Gasteiger partial charge in [0.25, 0.3) is 0 Å². The van der Waals surface area contributed by atoms with Gasteiger partial charge in [-0.2, -0.15) is 0 Å². The van der Waals surface area contributed by atoms with Gasteiger partial charge in [-0.1, -0.05) is 55.5 Å². The lowest BCUT2D eigenvalue weighted by atomic mass is 9.48. The molecule has 0 saturated carbocycles. The number of imide groups is 1. The van der Waals surface area contributed by atoms with Gasteiger partial charge in [0.15, 0.2) is 0 Å². The maximum absolute atomic E-state index is 13.1. The summed E-state index contributed by atoms with van der Waals surface area (Å²) in [5.74, 6) is -1.11. The molecule has 4 aliphatic rings. The van der Waals surface area contributed by atoms with Crippen LogP contribution in [0.1, 0.15) is 35.1 Å². The predicted octanol–water partition coefficient (Wildman–Crippen LogP) is 2.04. The standard InChI is InChI=1S/C21H19NO3/c1-21-14-8-4-2-6-12(14)16(13-7-3-5-9-15(13)21)17-18(21)20(25)22(10-11-23)19(17)24/h2-9,16-18,23H,10-11H2,1H3/t16?,17-,18+,21?/m0/s1. The van der Waals surface area contributed by atoms with Crippen LogP contribution < -0.4 is 0 Å². The molecule has 0 aromatic heterocycles. The number of hydrogen-bond acceptors (Lipinski definition) is 3. The highest BCUT2D eigenvalue weighted by molar-refractivity contribution is 6.08. The summed E-state index contributed by atoms with van der Waals surface area (Å²) in [6.45, 7) is 1.99. The van der Waals surface area contributed by atoms with Gasteiger partial charge in [-0.3, -0.25) is 14.5 Å². The zero-order valence-corrected chi connectivity index (χ0v) is 14.0. The van der Waals surface area contributed by atoms with Gasteiger partial charge < -0.3 is 5.11 Å². The molecule has 2 atom stereocenters. The summed E-state index contributed by atoms with van der Waals surface area (Å²) in [6.07, 6.45) is 0. The molecule has 3 aliphatic carbocycles. The zero-order valence-electron chi connectivity index (χ0n) is 14.0. The van der Waals surface area contributed by atoms with Gasteiger partial charge in [-0.15, -0.1) is 0 Å². The molecule has 6 rings (SSSR count). The van der Waals surface area contributed by atoms with E-state index >= 15 is 0 Å². The Bertz CT molecular complexity index is 871. The molecule has 4 heteroatoms. The summed E-state index contributed by atoms with van der Waals surface area (Å²) in [6, 6.07) is 16.4. The van der Waals surface area contributed by atoms with Crippen molar-refractivity contribution < 1.29 is 14.7 Å². The van der Waals surface area contributed by atoms with Crippen LogP contribution in [0.3, 0.4) is 0 Å². The van der Waals surface area contributed by atoms with Gasteiger partial charge in [0.1, 0.15) is 0 Å². The lowest BCUT2D eigenvalue weighted by Crippen LogP contribution is -2.51. The fourth-order valence-electron chi connectivity index (χ4n) is 5.53. The Balaban J connectivity index is 1.83. The van der Waals surface area contributed by atoms with E-state index in [-0.39, 0.29) is 42.7 Å². The molecule has 0 radical (unpaired) electrons. The van der Waals surface area contributed by atoms with Crippen molar-refractivity contribution in [2.45, 2.75) is 18.3 Å². The molecular formula is C21H19NO3. The summed E-state index contributed by atoms with van der Waals surface area (Å²) in [5.41, 5.74) is 4.14. The molecular weight excluding hydrogens is 314 g/mol. The summed E-state index contributed by atoms with van der Waals surface area (Å²) < 4.78 is 0. The Morgan fingerprint density at radius 1 is 0.960 bits per heavy atom. The first-order valence-corrected chi connectivity index (χ1v) is 8.75. The quantitative estimate of drug-likeness (QED) is 0.856. The summed E-state index contributed by atoms with van der Waals surface area (Å²) >= 11 is 0. The van der Waals surface area contributed by atoms with Crippen LogP contribution in [0.4, 0.5) is 0 Å². The average molecular weight is 333 g/mol. The Morgan fingerprint density at radius 3 is 2.08 bits per heavy atom. The number of likely N-dealkylation sites (tertiary alicyclic amines) is 1. The van der Waals surface area contributed by atoms with Gasteiger partial charge in [0, 0.05) is 11.3 Å². The van der Waals surface area contributed by atoms with Crippen molar-refractivity contribution in [1.82, 2.24) is 4.90 Å². The van der Waals surface area contributed by atoms with Crippen LogP contribution in [0.5, 0.6) is 0 Å². The summed E-state index contributed by atoms with van der Waals surface area (Å²) in [7, 11) is 0. The van der Waals surface area contributed by atoms with Crippen LogP contribution in [0.25, 0.3) is 0 Å². The molecule has 1 fully saturated rings. The number of β-amino-alcohol motifs (C(OH)–C–C–N with tert-alkyl or cyclic N) is 1. The van der Waals surface area contributed by atoms with Crippen molar-refractivity contribution in [2.75, 3.05) is 13.2 Å². The van der Waals surface area contributed by atoms with E-state index in [1.807, 2.05) is 24.3 Å². The third-order valence-corrected chi connectivity index (χ3v) is 6.46. The Kier molecular flexibility index (Phi) is 2.85. The molecule has 1 heterocycles. The maximum Gasteiger partial charge on any atom is 0.234 e. The van der Waals surface area contributed by atoms with Gasteiger partial charge in [-0.25, -0.2) is 0 Å². The molecule has 126 valence electrons.